The molecule has 14 heavy (non-hydrogen) atoms. The Morgan fingerprint density at radius 1 is 1.57 bits per heavy atom. The topological polar surface area (TPSA) is 116 Å². The number of nitrogens with two attached hydrogens (primary N) is 1. The van der Waals surface area contributed by atoms with Crippen LogP contribution in [0, 0.1) is 10.1 Å². The van der Waals surface area contributed by atoms with Crippen LogP contribution in [0.1, 0.15) is 10.4 Å². The zero-order valence-electron chi connectivity index (χ0n) is 6.84. The number of hydrogen-bond acceptors (Lipinski definition) is 5. The summed E-state index contributed by atoms with van der Waals surface area (Å²) in [6.07, 6.45) is 0. The zero-order valence-corrected chi connectivity index (χ0v) is 6.84. The number of carbonyl (C=O) groups is 1. The van der Waals surface area contributed by atoms with E-state index >= 15 is 0 Å². The average Bonchev–Trinajstić information content (AvgIpc) is 2.16. The van der Waals surface area contributed by atoms with Gasteiger partial charge in [0.05, 0.1) is 4.92 Å². The Morgan fingerprint density at radius 3 is 2.64 bits per heavy atom. The summed E-state index contributed by atoms with van der Waals surface area (Å²) in [6, 6.07) is 3.11. The van der Waals surface area contributed by atoms with E-state index in [1.54, 1.807) is 0 Å². The monoisotopic (exact) mass is 198 g/mol. The molecule has 0 saturated heterocycles. The van der Waals surface area contributed by atoms with Crippen LogP contribution in [0.4, 0.5) is 5.69 Å². The molecule has 1 aromatic rings. The van der Waals surface area contributed by atoms with Gasteiger partial charge in [0.1, 0.15) is 5.56 Å². The van der Waals surface area contributed by atoms with E-state index in [2.05, 4.69) is 4.84 Å². The summed E-state index contributed by atoms with van der Waals surface area (Å²) in [6.45, 7) is 0. The lowest BCUT2D eigenvalue weighted by atomic mass is 10.2. The number of non-ortho nitro benzene ring substituents is 1. The van der Waals surface area contributed by atoms with Crippen molar-refractivity contribution in [2.24, 2.45) is 5.90 Å². The van der Waals surface area contributed by atoms with E-state index in [1.165, 1.54) is 0 Å². The Bertz CT molecular complexity index is 390. The number of nitro groups is 1. The second-order valence-electron chi connectivity index (χ2n) is 2.36. The summed E-state index contributed by atoms with van der Waals surface area (Å²) in [4.78, 5) is 24.4. The van der Waals surface area contributed by atoms with Crippen molar-refractivity contribution in [1.82, 2.24) is 0 Å². The third-order valence-electron chi connectivity index (χ3n) is 1.53. The van der Waals surface area contributed by atoms with E-state index in [-0.39, 0.29) is 17.0 Å². The van der Waals surface area contributed by atoms with E-state index < -0.39 is 10.9 Å². The first-order valence-electron chi connectivity index (χ1n) is 3.44. The quantitative estimate of drug-likeness (QED) is 0.541. The van der Waals surface area contributed by atoms with Gasteiger partial charge in [0.15, 0.2) is 5.75 Å². The van der Waals surface area contributed by atoms with E-state index in [0.29, 0.717) is 0 Å². The van der Waals surface area contributed by atoms with Crippen LogP contribution in [0.2, 0.25) is 0 Å². The maximum absolute atomic E-state index is 10.6. The molecule has 0 amide bonds. The van der Waals surface area contributed by atoms with Gasteiger partial charge >= 0.3 is 5.97 Å². The number of nitrogens with zero attached hydrogens (tertiary/aromatic N) is 1. The number of benzene rings is 1. The molecule has 1 aromatic carbocycles. The SMILES string of the molecule is NOc1ccc([N+](=O)[O-])cc1C(=O)O. The summed E-state index contributed by atoms with van der Waals surface area (Å²) >= 11 is 0. The van der Waals surface area contributed by atoms with Gasteiger partial charge < -0.3 is 9.94 Å². The highest BCUT2D eigenvalue weighted by atomic mass is 16.6. The van der Waals surface area contributed by atoms with Crippen molar-refractivity contribution in [1.29, 1.82) is 0 Å². The fourth-order valence-electron chi connectivity index (χ4n) is 0.901. The molecule has 0 heterocycles. The minimum atomic E-state index is -1.34. The molecule has 0 saturated carbocycles. The standard InChI is InChI=1S/C7H6N2O5/c8-14-6-2-1-4(9(12)13)3-5(6)7(10)11/h1-3H,8H2,(H,10,11). The molecule has 0 aromatic heterocycles. The Hall–Kier alpha value is -2.15. The molecule has 0 radical (unpaired) electrons. The third kappa shape index (κ3) is 1.77. The Kier molecular flexibility index (Phi) is 2.63. The van der Waals surface area contributed by atoms with Crippen LogP contribution in [0.3, 0.4) is 0 Å². The first kappa shape index (κ1) is 9.93. The van der Waals surface area contributed by atoms with Gasteiger partial charge in [-0.15, -0.1) is 0 Å². The van der Waals surface area contributed by atoms with Crippen molar-refractivity contribution in [2.75, 3.05) is 0 Å². The molecule has 0 bridgehead atoms. The predicted molar refractivity (Wildman–Crippen MR) is 44.9 cm³/mol. The fourth-order valence-corrected chi connectivity index (χ4v) is 0.901. The van der Waals surface area contributed by atoms with Gasteiger partial charge in [0.2, 0.25) is 0 Å². The van der Waals surface area contributed by atoms with Gasteiger partial charge in [-0.1, -0.05) is 0 Å². The summed E-state index contributed by atoms with van der Waals surface area (Å²) in [5.41, 5.74) is -0.676. The number of hydrogen-bond donors (Lipinski definition) is 2. The van der Waals surface area contributed by atoms with Crippen molar-refractivity contribution >= 4 is 11.7 Å². The number of nitro benzene ring substituents is 1. The molecule has 0 aliphatic rings. The summed E-state index contributed by atoms with van der Waals surface area (Å²) in [5.74, 6) is 3.32. The highest BCUT2D eigenvalue weighted by Crippen LogP contribution is 2.23. The minimum absolute atomic E-state index is 0.122. The highest BCUT2D eigenvalue weighted by molar-refractivity contribution is 5.91. The summed E-state index contributed by atoms with van der Waals surface area (Å²) in [5, 5.41) is 19.0. The number of carboxylic acid groups (broad SMARTS) is 1. The Morgan fingerprint density at radius 2 is 2.21 bits per heavy atom. The molecule has 0 spiro atoms. The van der Waals surface area contributed by atoms with Crippen molar-refractivity contribution in [3.8, 4) is 5.75 Å². The molecule has 0 aliphatic heterocycles. The first-order chi connectivity index (χ1) is 6.56. The molecular weight excluding hydrogens is 192 g/mol. The molecule has 0 unspecified atom stereocenters. The number of aromatic carboxylic acids is 1. The third-order valence-corrected chi connectivity index (χ3v) is 1.53. The smallest absolute Gasteiger partial charge is 0.339 e. The lowest BCUT2D eigenvalue weighted by molar-refractivity contribution is -0.384. The lowest BCUT2D eigenvalue weighted by Gasteiger charge is -2.02. The Balaban J connectivity index is 3.27. The van der Waals surface area contributed by atoms with Crippen LogP contribution in [0.25, 0.3) is 0 Å². The van der Waals surface area contributed by atoms with Crippen LogP contribution in [0.15, 0.2) is 18.2 Å². The van der Waals surface area contributed by atoms with E-state index in [4.69, 9.17) is 11.0 Å². The van der Waals surface area contributed by atoms with E-state index in [0.717, 1.165) is 18.2 Å². The zero-order chi connectivity index (χ0) is 10.7. The fraction of sp³-hybridized carbons (Fsp3) is 0. The van der Waals surface area contributed by atoms with Crippen molar-refractivity contribution in [2.45, 2.75) is 0 Å². The molecule has 7 nitrogen and oxygen atoms in total. The maximum atomic E-state index is 10.6. The van der Waals surface area contributed by atoms with Gasteiger partial charge in [-0.25, -0.2) is 4.79 Å². The molecule has 0 aliphatic carbocycles. The van der Waals surface area contributed by atoms with Crippen LogP contribution in [-0.2, 0) is 0 Å². The molecule has 7 heteroatoms. The van der Waals surface area contributed by atoms with Crippen LogP contribution in [-0.4, -0.2) is 16.0 Å². The molecule has 1 rings (SSSR count). The second-order valence-corrected chi connectivity index (χ2v) is 2.36. The first-order valence-corrected chi connectivity index (χ1v) is 3.44. The molecule has 3 N–H and O–H groups in total. The predicted octanol–water partition coefficient (Wildman–Crippen LogP) is 0.546. The molecule has 0 fully saturated rings. The van der Waals surface area contributed by atoms with Crippen LogP contribution >= 0.6 is 0 Å². The van der Waals surface area contributed by atoms with Gasteiger partial charge in [0, 0.05) is 12.1 Å². The summed E-state index contributed by atoms with van der Waals surface area (Å²) < 4.78 is 0. The van der Waals surface area contributed by atoms with E-state index in [1.807, 2.05) is 0 Å². The van der Waals surface area contributed by atoms with Gasteiger partial charge in [0.25, 0.3) is 5.69 Å². The number of rotatable bonds is 3. The van der Waals surface area contributed by atoms with Crippen molar-refractivity contribution in [3.63, 3.8) is 0 Å². The van der Waals surface area contributed by atoms with Crippen molar-refractivity contribution < 1.29 is 19.7 Å². The maximum Gasteiger partial charge on any atom is 0.339 e. The van der Waals surface area contributed by atoms with Gasteiger partial charge in [-0.3, -0.25) is 10.1 Å². The largest absolute Gasteiger partial charge is 0.478 e. The lowest BCUT2D eigenvalue weighted by Crippen LogP contribution is -2.08. The normalized spacial score (nSPS) is 9.50. The summed E-state index contributed by atoms with van der Waals surface area (Å²) in [7, 11) is 0. The van der Waals surface area contributed by atoms with E-state index in [9.17, 15) is 14.9 Å². The average molecular weight is 198 g/mol. The molecule has 74 valence electrons. The van der Waals surface area contributed by atoms with Crippen LogP contribution in [0.5, 0.6) is 5.75 Å². The molecule has 0 atom stereocenters. The van der Waals surface area contributed by atoms with Gasteiger partial charge in [-0.05, 0) is 6.07 Å². The Labute approximate surface area is 77.8 Å². The van der Waals surface area contributed by atoms with Crippen molar-refractivity contribution in [3.05, 3.63) is 33.9 Å². The highest BCUT2D eigenvalue weighted by Gasteiger charge is 2.16. The van der Waals surface area contributed by atoms with Crippen LogP contribution < -0.4 is 10.7 Å². The number of carboxylic acids is 1. The molecular formula is C7H6N2O5. The van der Waals surface area contributed by atoms with Gasteiger partial charge in [-0.2, -0.15) is 5.90 Å². The second kappa shape index (κ2) is 3.71. The minimum Gasteiger partial charge on any atom is -0.478 e.